The van der Waals surface area contributed by atoms with Gasteiger partial charge in [0, 0.05) is 19.6 Å². The number of hydrogen-bond acceptors (Lipinski definition) is 4. The Balaban J connectivity index is 1.52. The summed E-state index contributed by atoms with van der Waals surface area (Å²) in [5.74, 6) is -0.413. The monoisotopic (exact) mass is 353 g/mol. The molecule has 4 rings (SSSR count). The van der Waals surface area contributed by atoms with Crippen molar-refractivity contribution >= 4 is 17.8 Å². The second kappa shape index (κ2) is 6.29. The molecule has 2 aromatic rings. The van der Waals surface area contributed by atoms with Crippen molar-refractivity contribution in [2.75, 3.05) is 13.1 Å². The van der Waals surface area contributed by atoms with Crippen molar-refractivity contribution in [2.24, 2.45) is 0 Å². The molecular weight excluding hydrogens is 334 g/mol. The minimum Gasteiger partial charge on any atom is -0.341 e. The lowest BCUT2D eigenvalue weighted by Crippen LogP contribution is -2.57. The molecule has 4 amide bonds. The van der Waals surface area contributed by atoms with Crippen LogP contribution in [0.5, 0.6) is 0 Å². The Hall–Kier alpha value is -3.16. The van der Waals surface area contributed by atoms with Gasteiger partial charge < -0.3 is 14.8 Å². The number of imidazole rings is 1. The van der Waals surface area contributed by atoms with Gasteiger partial charge in [0.25, 0.3) is 11.8 Å². The lowest BCUT2D eigenvalue weighted by atomic mass is 9.85. The van der Waals surface area contributed by atoms with Gasteiger partial charge in [-0.05, 0) is 18.4 Å². The predicted molar refractivity (Wildman–Crippen MR) is 92.0 cm³/mol. The molecule has 0 unspecified atom stereocenters. The molecule has 2 aliphatic rings. The number of aromatic amines is 1. The highest BCUT2D eigenvalue weighted by molar-refractivity contribution is 6.07. The zero-order valence-corrected chi connectivity index (χ0v) is 14.1. The van der Waals surface area contributed by atoms with Crippen molar-refractivity contribution in [2.45, 2.75) is 24.9 Å². The second-order valence-electron chi connectivity index (χ2n) is 6.62. The molecule has 2 saturated heterocycles. The van der Waals surface area contributed by atoms with E-state index in [2.05, 4.69) is 15.3 Å². The Morgan fingerprint density at radius 3 is 2.54 bits per heavy atom. The van der Waals surface area contributed by atoms with Crippen LogP contribution in [-0.4, -0.2) is 56.2 Å². The quantitative estimate of drug-likeness (QED) is 0.809. The summed E-state index contributed by atoms with van der Waals surface area (Å²) in [6.07, 6.45) is 3.78. The largest absolute Gasteiger partial charge is 0.341 e. The number of carbonyl (C=O) groups is 3. The fourth-order valence-electron chi connectivity index (χ4n) is 3.71. The molecule has 2 fully saturated rings. The number of nitrogens with one attached hydrogen (secondary N) is 2. The van der Waals surface area contributed by atoms with Crippen molar-refractivity contribution in [1.29, 1.82) is 0 Å². The van der Waals surface area contributed by atoms with E-state index in [0.717, 1.165) is 5.56 Å². The fraction of sp³-hybridized carbons (Fsp3) is 0.333. The third kappa shape index (κ3) is 2.63. The van der Waals surface area contributed by atoms with E-state index in [9.17, 15) is 14.4 Å². The van der Waals surface area contributed by atoms with E-state index in [4.69, 9.17) is 0 Å². The normalized spacial score (nSPS) is 19.1. The summed E-state index contributed by atoms with van der Waals surface area (Å²) in [6.45, 7) is 1.18. The van der Waals surface area contributed by atoms with Crippen molar-refractivity contribution in [3.05, 3.63) is 54.1 Å². The first kappa shape index (κ1) is 16.3. The van der Waals surface area contributed by atoms with Crippen LogP contribution in [-0.2, 0) is 11.3 Å². The van der Waals surface area contributed by atoms with Gasteiger partial charge in [-0.3, -0.25) is 14.9 Å². The SMILES string of the molecule is O=C(c1cnc[nH]1)N1CCC2(CC1)C(=O)NC(=O)N2Cc1ccccc1. The third-order valence-electron chi connectivity index (χ3n) is 5.19. The molecule has 0 bridgehead atoms. The minimum atomic E-state index is -0.891. The Kier molecular flexibility index (Phi) is 3.95. The summed E-state index contributed by atoms with van der Waals surface area (Å²) >= 11 is 0. The number of carbonyl (C=O) groups excluding carboxylic acids is 3. The number of aromatic nitrogens is 2. The molecule has 8 heteroatoms. The number of piperidine rings is 1. The summed E-state index contributed by atoms with van der Waals surface area (Å²) in [5, 5.41) is 2.45. The average Bonchev–Trinajstić information content (AvgIpc) is 3.27. The van der Waals surface area contributed by atoms with Crippen LogP contribution in [0.4, 0.5) is 4.79 Å². The average molecular weight is 353 g/mol. The predicted octanol–water partition coefficient (Wildman–Crippen LogP) is 1.14. The number of benzene rings is 1. The molecule has 26 heavy (non-hydrogen) atoms. The molecule has 1 spiro atoms. The first-order valence-electron chi connectivity index (χ1n) is 8.55. The molecular formula is C18H19N5O3. The van der Waals surface area contributed by atoms with Crippen molar-refractivity contribution in [3.8, 4) is 0 Å². The minimum absolute atomic E-state index is 0.142. The maximum absolute atomic E-state index is 12.6. The first-order valence-corrected chi connectivity index (χ1v) is 8.55. The van der Waals surface area contributed by atoms with Crippen molar-refractivity contribution in [3.63, 3.8) is 0 Å². The molecule has 0 saturated carbocycles. The number of amides is 4. The summed E-state index contributed by atoms with van der Waals surface area (Å²) in [7, 11) is 0. The Morgan fingerprint density at radius 1 is 1.15 bits per heavy atom. The van der Waals surface area contributed by atoms with Gasteiger partial charge in [-0.15, -0.1) is 0 Å². The number of imide groups is 1. The molecule has 0 aliphatic carbocycles. The zero-order chi connectivity index (χ0) is 18.1. The highest BCUT2D eigenvalue weighted by Gasteiger charge is 2.54. The lowest BCUT2D eigenvalue weighted by molar-refractivity contribution is -0.129. The molecule has 3 heterocycles. The van der Waals surface area contributed by atoms with E-state index in [1.807, 2.05) is 30.3 Å². The van der Waals surface area contributed by atoms with Gasteiger partial charge in [0.1, 0.15) is 11.2 Å². The Morgan fingerprint density at radius 2 is 1.88 bits per heavy atom. The topological polar surface area (TPSA) is 98.4 Å². The van der Waals surface area contributed by atoms with Gasteiger partial charge in [0.05, 0.1) is 12.5 Å². The van der Waals surface area contributed by atoms with Crippen LogP contribution in [0.3, 0.4) is 0 Å². The maximum atomic E-state index is 12.6. The number of likely N-dealkylation sites (tertiary alicyclic amines) is 1. The molecule has 1 aromatic heterocycles. The van der Waals surface area contributed by atoms with Crippen LogP contribution < -0.4 is 5.32 Å². The van der Waals surface area contributed by atoms with Crippen molar-refractivity contribution < 1.29 is 14.4 Å². The number of nitrogens with zero attached hydrogens (tertiary/aromatic N) is 3. The molecule has 2 aliphatic heterocycles. The van der Waals surface area contributed by atoms with E-state index < -0.39 is 5.54 Å². The van der Waals surface area contributed by atoms with Gasteiger partial charge >= 0.3 is 6.03 Å². The summed E-state index contributed by atoms with van der Waals surface area (Å²) < 4.78 is 0. The molecule has 1 aromatic carbocycles. The summed E-state index contributed by atoms with van der Waals surface area (Å²) in [5.41, 5.74) is 0.499. The highest BCUT2D eigenvalue weighted by Crippen LogP contribution is 2.34. The molecule has 2 N–H and O–H groups in total. The Labute approximate surface area is 150 Å². The summed E-state index contributed by atoms with van der Waals surface area (Å²) in [4.78, 5) is 47.4. The van der Waals surface area contributed by atoms with E-state index in [1.165, 1.54) is 12.5 Å². The standard InChI is InChI=1S/C18H19N5O3/c24-15(14-10-19-12-20-14)22-8-6-18(7-9-22)16(25)21-17(26)23(18)11-13-4-2-1-3-5-13/h1-5,10,12H,6-9,11H2,(H,19,20)(H,21,25,26). The second-order valence-corrected chi connectivity index (χ2v) is 6.62. The van der Waals surface area contributed by atoms with Crippen LogP contribution in [0.1, 0.15) is 28.9 Å². The molecule has 0 radical (unpaired) electrons. The number of H-pyrrole nitrogens is 1. The maximum Gasteiger partial charge on any atom is 0.325 e. The van der Waals surface area contributed by atoms with Gasteiger partial charge in [-0.1, -0.05) is 30.3 Å². The van der Waals surface area contributed by atoms with Crippen molar-refractivity contribution in [1.82, 2.24) is 25.1 Å². The fourth-order valence-corrected chi connectivity index (χ4v) is 3.71. The van der Waals surface area contributed by atoms with Crippen LogP contribution in [0.15, 0.2) is 42.9 Å². The number of rotatable bonds is 3. The van der Waals surface area contributed by atoms with E-state index in [1.54, 1.807) is 9.80 Å². The van der Waals surface area contributed by atoms with Crippen LogP contribution >= 0.6 is 0 Å². The van der Waals surface area contributed by atoms with Gasteiger partial charge in [0.15, 0.2) is 0 Å². The van der Waals surface area contributed by atoms with Gasteiger partial charge in [-0.2, -0.15) is 0 Å². The third-order valence-corrected chi connectivity index (χ3v) is 5.19. The van der Waals surface area contributed by atoms with Crippen LogP contribution in [0, 0.1) is 0 Å². The highest BCUT2D eigenvalue weighted by atomic mass is 16.2. The van der Waals surface area contributed by atoms with Crippen LogP contribution in [0.2, 0.25) is 0 Å². The number of urea groups is 1. The molecule has 8 nitrogen and oxygen atoms in total. The smallest absolute Gasteiger partial charge is 0.325 e. The van der Waals surface area contributed by atoms with E-state index in [0.29, 0.717) is 38.2 Å². The lowest BCUT2D eigenvalue weighted by Gasteiger charge is -2.42. The van der Waals surface area contributed by atoms with Gasteiger partial charge in [0.2, 0.25) is 0 Å². The molecule has 0 atom stereocenters. The number of hydrogen-bond donors (Lipinski definition) is 2. The Bertz CT molecular complexity index is 826. The van der Waals surface area contributed by atoms with Gasteiger partial charge in [-0.25, -0.2) is 9.78 Å². The molecule has 134 valence electrons. The van der Waals surface area contributed by atoms with E-state index >= 15 is 0 Å². The zero-order valence-electron chi connectivity index (χ0n) is 14.1. The first-order chi connectivity index (χ1) is 12.6. The summed E-state index contributed by atoms with van der Waals surface area (Å²) in [6, 6.07) is 9.22. The van der Waals surface area contributed by atoms with Crippen LogP contribution in [0.25, 0.3) is 0 Å². The van der Waals surface area contributed by atoms with E-state index in [-0.39, 0.29) is 17.8 Å².